The maximum atomic E-state index is 13.1. The minimum Gasteiger partial charge on any atom is -0.480 e. The van der Waals surface area contributed by atoms with Gasteiger partial charge in [0.2, 0.25) is 0 Å². The number of carboxylic acids is 1. The van der Waals surface area contributed by atoms with E-state index < -0.39 is 12.0 Å². The molecule has 3 atom stereocenters. The van der Waals surface area contributed by atoms with E-state index in [1.165, 1.54) is 0 Å². The molecule has 1 aliphatic heterocycles. The molecule has 1 saturated carbocycles. The Labute approximate surface area is 142 Å². The Morgan fingerprint density at radius 2 is 1.92 bits per heavy atom. The van der Waals surface area contributed by atoms with Crippen molar-refractivity contribution in [3.8, 4) is 0 Å². The number of hydrogen-bond donors (Lipinski definition) is 1. The SMILES string of the molecule is Cc1cc(C(=O)N2[C@H](C(=O)O)C[C@@H]3CCCC[C@@H]32)nn1C(C)(C)C. The lowest BCUT2D eigenvalue weighted by Crippen LogP contribution is -2.46. The van der Waals surface area contributed by atoms with Crippen LogP contribution in [0.15, 0.2) is 6.07 Å². The molecule has 1 aromatic rings. The smallest absolute Gasteiger partial charge is 0.326 e. The summed E-state index contributed by atoms with van der Waals surface area (Å²) in [6.07, 6.45) is 4.69. The largest absolute Gasteiger partial charge is 0.480 e. The summed E-state index contributed by atoms with van der Waals surface area (Å²) in [5.74, 6) is -0.817. The summed E-state index contributed by atoms with van der Waals surface area (Å²) in [5, 5.41) is 14.1. The molecule has 1 aromatic heterocycles. The van der Waals surface area contributed by atoms with Crippen molar-refractivity contribution < 1.29 is 14.7 Å². The third-order valence-electron chi connectivity index (χ3n) is 5.35. The zero-order chi connectivity index (χ0) is 17.6. The van der Waals surface area contributed by atoms with Gasteiger partial charge < -0.3 is 10.0 Å². The van der Waals surface area contributed by atoms with Gasteiger partial charge in [0.05, 0.1) is 5.54 Å². The Morgan fingerprint density at radius 3 is 2.50 bits per heavy atom. The van der Waals surface area contributed by atoms with Gasteiger partial charge in [-0.3, -0.25) is 9.48 Å². The molecule has 0 radical (unpaired) electrons. The lowest BCUT2D eigenvalue weighted by Gasteiger charge is -2.32. The highest BCUT2D eigenvalue weighted by atomic mass is 16.4. The van der Waals surface area contributed by atoms with E-state index in [0.29, 0.717) is 18.0 Å². The first-order chi connectivity index (χ1) is 11.2. The quantitative estimate of drug-likeness (QED) is 0.903. The number of hydrogen-bond acceptors (Lipinski definition) is 3. The average Bonchev–Trinajstić information content (AvgIpc) is 3.07. The number of carbonyl (C=O) groups excluding carboxylic acids is 1. The molecule has 2 heterocycles. The topological polar surface area (TPSA) is 75.4 Å². The maximum Gasteiger partial charge on any atom is 0.326 e. The summed E-state index contributed by atoms with van der Waals surface area (Å²) in [5.41, 5.74) is 1.06. The van der Waals surface area contributed by atoms with Crippen LogP contribution in [0.25, 0.3) is 0 Å². The van der Waals surface area contributed by atoms with Gasteiger partial charge in [-0.2, -0.15) is 5.10 Å². The van der Waals surface area contributed by atoms with E-state index in [1.807, 2.05) is 32.4 Å². The Bertz CT molecular complexity index is 659. The molecule has 6 heteroatoms. The molecule has 2 aliphatic rings. The Balaban J connectivity index is 1.93. The van der Waals surface area contributed by atoms with Crippen molar-refractivity contribution in [1.29, 1.82) is 0 Å². The fourth-order valence-electron chi connectivity index (χ4n) is 4.36. The van der Waals surface area contributed by atoms with Crippen molar-refractivity contribution in [2.45, 2.75) is 77.4 Å². The predicted octanol–water partition coefficient (Wildman–Crippen LogP) is 2.80. The van der Waals surface area contributed by atoms with E-state index in [4.69, 9.17) is 0 Å². The molecule has 1 amide bonds. The summed E-state index contributed by atoms with van der Waals surface area (Å²) < 4.78 is 1.84. The number of aryl methyl sites for hydroxylation is 1. The normalized spacial score (nSPS) is 27.2. The van der Waals surface area contributed by atoms with Crippen LogP contribution in [0, 0.1) is 12.8 Å². The van der Waals surface area contributed by atoms with E-state index in [2.05, 4.69) is 5.10 Å². The van der Waals surface area contributed by atoms with Crippen LogP contribution in [0.3, 0.4) is 0 Å². The molecule has 1 saturated heterocycles. The van der Waals surface area contributed by atoms with Gasteiger partial charge in [0.15, 0.2) is 5.69 Å². The summed E-state index contributed by atoms with van der Waals surface area (Å²) in [6, 6.07) is 1.11. The minimum atomic E-state index is -0.898. The Hall–Kier alpha value is -1.85. The molecule has 0 aromatic carbocycles. The average molecular weight is 333 g/mol. The number of nitrogens with zero attached hydrogens (tertiary/aromatic N) is 3. The van der Waals surface area contributed by atoms with Crippen molar-refractivity contribution in [2.75, 3.05) is 0 Å². The first kappa shape index (κ1) is 17.0. The monoisotopic (exact) mass is 333 g/mol. The number of aromatic nitrogens is 2. The molecular formula is C18H27N3O3. The van der Waals surface area contributed by atoms with Crippen LogP contribution in [-0.4, -0.2) is 43.7 Å². The molecular weight excluding hydrogens is 306 g/mol. The zero-order valence-corrected chi connectivity index (χ0v) is 15.0. The second-order valence-electron chi connectivity index (χ2n) is 8.17. The van der Waals surface area contributed by atoms with Crippen LogP contribution in [0.4, 0.5) is 0 Å². The summed E-state index contributed by atoms with van der Waals surface area (Å²) in [4.78, 5) is 26.4. The van der Waals surface area contributed by atoms with Crippen molar-refractivity contribution in [2.24, 2.45) is 5.92 Å². The van der Waals surface area contributed by atoms with Gasteiger partial charge in [-0.25, -0.2) is 4.79 Å². The van der Waals surface area contributed by atoms with Gasteiger partial charge in [-0.05, 0) is 58.9 Å². The molecule has 24 heavy (non-hydrogen) atoms. The minimum absolute atomic E-state index is 0.0486. The van der Waals surface area contributed by atoms with Crippen molar-refractivity contribution in [3.63, 3.8) is 0 Å². The molecule has 1 aliphatic carbocycles. The summed E-state index contributed by atoms with van der Waals surface area (Å²) in [6.45, 7) is 8.04. The molecule has 3 rings (SSSR count). The van der Waals surface area contributed by atoms with E-state index in [0.717, 1.165) is 31.4 Å². The third-order valence-corrected chi connectivity index (χ3v) is 5.35. The number of likely N-dealkylation sites (tertiary alicyclic amines) is 1. The standard InChI is InChI=1S/C18H27N3O3/c1-11-9-13(19-21(11)18(2,3)4)16(22)20-14-8-6-5-7-12(14)10-15(20)17(23)24/h9,12,14-15H,5-8,10H2,1-4H3,(H,23,24)/t12-,14-,15-/m0/s1. The highest BCUT2D eigenvalue weighted by molar-refractivity contribution is 5.95. The lowest BCUT2D eigenvalue weighted by molar-refractivity contribution is -0.141. The van der Waals surface area contributed by atoms with Gasteiger partial charge >= 0.3 is 5.97 Å². The second kappa shape index (κ2) is 5.90. The highest BCUT2D eigenvalue weighted by Gasteiger charge is 2.48. The molecule has 0 unspecified atom stereocenters. The van der Waals surface area contributed by atoms with E-state index in [-0.39, 0.29) is 17.5 Å². The van der Waals surface area contributed by atoms with Crippen LogP contribution in [0.2, 0.25) is 0 Å². The predicted molar refractivity (Wildman–Crippen MR) is 89.9 cm³/mol. The van der Waals surface area contributed by atoms with Crippen molar-refractivity contribution in [3.05, 3.63) is 17.5 Å². The first-order valence-corrected chi connectivity index (χ1v) is 8.83. The van der Waals surface area contributed by atoms with Gasteiger partial charge in [0.25, 0.3) is 5.91 Å². The molecule has 2 fully saturated rings. The number of carboxylic acid groups (broad SMARTS) is 1. The number of aliphatic carboxylic acids is 1. The van der Waals surface area contributed by atoms with Gasteiger partial charge in [0.1, 0.15) is 6.04 Å². The number of fused-ring (bicyclic) bond motifs is 1. The van der Waals surface area contributed by atoms with Crippen LogP contribution in [0.5, 0.6) is 0 Å². The number of amides is 1. The maximum absolute atomic E-state index is 13.1. The van der Waals surface area contributed by atoms with Crippen LogP contribution < -0.4 is 0 Å². The molecule has 6 nitrogen and oxygen atoms in total. The van der Waals surface area contributed by atoms with Crippen LogP contribution >= 0.6 is 0 Å². The zero-order valence-electron chi connectivity index (χ0n) is 15.0. The van der Waals surface area contributed by atoms with Crippen LogP contribution in [-0.2, 0) is 10.3 Å². The fourth-order valence-corrected chi connectivity index (χ4v) is 4.36. The molecule has 0 bridgehead atoms. The van der Waals surface area contributed by atoms with Gasteiger partial charge in [-0.1, -0.05) is 12.8 Å². The molecule has 132 valence electrons. The third kappa shape index (κ3) is 2.82. The van der Waals surface area contributed by atoms with E-state index >= 15 is 0 Å². The van der Waals surface area contributed by atoms with Gasteiger partial charge in [-0.15, -0.1) is 0 Å². The van der Waals surface area contributed by atoms with Gasteiger partial charge in [0, 0.05) is 11.7 Å². The van der Waals surface area contributed by atoms with Crippen LogP contribution in [0.1, 0.15) is 69.1 Å². The fraction of sp³-hybridized carbons (Fsp3) is 0.722. The summed E-state index contributed by atoms with van der Waals surface area (Å²) in [7, 11) is 0. The van der Waals surface area contributed by atoms with Crippen molar-refractivity contribution in [1.82, 2.24) is 14.7 Å². The number of carbonyl (C=O) groups is 2. The van der Waals surface area contributed by atoms with E-state index in [1.54, 1.807) is 11.0 Å². The van der Waals surface area contributed by atoms with E-state index in [9.17, 15) is 14.7 Å². The highest BCUT2D eigenvalue weighted by Crippen LogP contribution is 2.40. The molecule has 1 N–H and O–H groups in total. The second-order valence-corrected chi connectivity index (χ2v) is 8.17. The first-order valence-electron chi connectivity index (χ1n) is 8.83. The Morgan fingerprint density at radius 1 is 1.25 bits per heavy atom. The van der Waals surface area contributed by atoms with Crippen molar-refractivity contribution >= 4 is 11.9 Å². The molecule has 0 spiro atoms. The number of rotatable bonds is 2. The lowest BCUT2D eigenvalue weighted by atomic mass is 9.84. The Kier molecular flexibility index (Phi) is 4.18. The summed E-state index contributed by atoms with van der Waals surface area (Å²) >= 11 is 0.